The number of ether oxygens (including phenoxy) is 7. The molecule has 1 amide bonds. The monoisotopic (exact) mass is 1080 g/mol. The summed E-state index contributed by atoms with van der Waals surface area (Å²) in [4.78, 5) is 96.5. The molecule has 1 aromatic rings. The van der Waals surface area contributed by atoms with Crippen molar-refractivity contribution in [3.05, 3.63) is 82.0 Å². The Morgan fingerprint density at radius 1 is 0.857 bits per heavy atom. The van der Waals surface area contributed by atoms with Crippen molar-refractivity contribution in [2.75, 3.05) is 27.9 Å². The van der Waals surface area contributed by atoms with Crippen LogP contribution >= 0.6 is 0 Å². The number of non-ortho nitro benzene ring substituents is 1. The summed E-state index contributed by atoms with van der Waals surface area (Å²) in [7, 11) is 4.42. The highest BCUT2D eigenvalue weighted by Gasteiger charge is 2.57. The first-order chi connectivity index (χ1) is 36.6. The number of allylic oxidation sites excluding steroid dienone is 6. The number of aliphatic hydroxyl groups excluding tert-OH is 1. The maximum atomic E-state index is 14.6. The minimum absolute atomic E-state index is 0.0275. The number of hydrogen-bond acceptors (Lipinski definition) is 17. The smallest absolute Gasteiger partial charge is 0.460 e. The molecule has 3 saturated heterocycles. The van der Waals surface area contributed by atoms with E-state index in [0.717, 1.165) is 5.57 Å². The Bertz CT molecular complexity index is 2400. The Morgan fingerprint density at radius 3 is 2.26 bits per heavy atom. The molecule has 424 valence electrons. The summed E-state index contributed by atoms with van der Waals surface area (Å²) < 4.78 is 40.8. The molecule has 4 heterocycles. The van der Waals surface area contributed by atoms with Gasteiger partial charge in [-0.25, -0.2) is 9.59 Å². The topological polar surface area (TPSA) is 254 Å². The molecule has 19 nitrogen and oxygen atoms in total. The predicted octanol–water partition coefficient (Wildman–Crippen LogP) is 7.92. The number of methoxy groups -OCH3 is 3. The van der Waals surface area contributed by atoms with Gasteiger partial charge in [0.25, 0.3) is 17.4 Å². The lowest BCUT2D eigenvalue weighted by molar-refractivity contribution is -0.384. The van der Waals surface area contributed by atoms with Crippen molar-refractivity contribution in [2.45, 2.75) is 173 Å². The molecule has 1 aliphatic carbocycles. The molecule has 2 N–H and O–H groups in total. The number of fused-ring (bicyclic) bond motifs is 3. The van der Waals surface area contributed by atoms with Crippen LogP contribution in [0.1, 0.15) is 119 Å². The molecule has 1 aromatic carbocycles. The first kappa shape index (κ1) is 60.8. The van der Waals surface area contributed by atoms with Gasteiger partial charge in [0.05, 0.1) is 23.2 Å². The van der Waals surface area contributed by atoms with Crippen LogP contribution in [0.15, 0.2) is 71.9 Å². The van der Waals surface area contributed by atoms with Crippen molar-refractivity contribution in [2.24, 2.45) is 41.4 Å². The van der Waals surface area contributed by atoms with Gasteiger partial charge in [-0.3, -0.25) is 29.3 Å². The van der Waals surface area contributed by atoms with Crippen LogP contribution < -0.4 is 4.74 Å². The molecule has 0 spiro atoms. The number of nitro benzene ring substituents is 1. The number of hydrogen-bond donors (Lipinski definition) is 2. The lowest BCUT2D eigenvalue weighted by Crippen LogP contribution is -2.65. The molecule has 0 aromatic heterocycles. The number of nitro groups is 1. The average Bonchev–Trinajstić information content (AvgIpc) is 3.43. The maximum Gasteiger partial charge on any atom is 0.514 e. The third kappa shape index (κ3) is 15.0. The zero-order valence-electron chi connectivity index (χ0n) is 46.0. The zero-order chi connectivity index (χ0) is 56.3. The normalized spacial score (nSPS) is 37.8. The van der Waals surface area contributed by atoms with Gasteiger partial charge in [-0.15, -0.1) is 0 Å². The fourth-order valence-corrected chi connectivity index (χ4v) is 11.9. The van der Waals surface area contributed by atoms with Crippen LogP contribution in [-0.4, -0.2) is 138 Å². The molecule has 4 aliphatic heterocycles. The van der Waals surface area contributed by atoms with E-state index in [0.29, 0.717) is 69.8 Å². The average molecular weight is 1080 g/mol. The van der Waals surface area contributed by atoms with Gasteiger partial charge in [0.2, 0.25) is 5.79 Å². The van der Waals surface area contributed by atoms with E-state index in [2.05, 4.69) is 6.92 Å². The van der Waals surface area contributed by atoms with Gasteiger partial charge in [0, 0.05) is 76.5 Å². The van der Waals surface area contributed by atoms with Crippen molar-refractivity contribution in [3.8, 4) is 5.75 Å². The maximum absolute atomic E-state index is 14.6. The van der Waals surface area contributed by atoms with Gasteiger partial charge in [0.15, 0.2) is 5.78 Å². The number of carbonyl (C=O) groups excluding carboxylic acids is 6. The van der Waals surface area contributed by atoms with Gasteiger partial charge in [-0.2, -0.15) is 0 Å². The number of amides is 1. The van der Waals surface area contributed by atoms with E-state index in [4.69, 9.17) is 33.2 Å². The molecule has 3 unspecified atom stereocenters. The molecule has 1 saturated carbocycles. The second-order valence-corrected chi connectivity index (χ2v) is 22.1. The number of nitrogens with zero attached hydrogens (tertiary/aromatic N) is 2. The molecule has 77 heavy (non-hydrogen) atoms. The van der Waals surface area contributed by atoms with Gasteiger partial charge in [0.1, 0.15) is 42.0 Å². The predicted molar refractivity (Wildman–Crippen MR) is 281 cm³/mol. The third-order valence-electron chi connectivity index (χ3n) is 16.7. The second-order valence-electron chi connectivity index (χ2n) is 22.1. The Kier molecular flexibility index (Phi) is 21.7. The molecule has 6 bridgehead atoms. The van der Waals surface area contributed by atoms with Crippen LogP contribution in [0.25, 0.3) is 0 Å². The van der Waals surface area contributed by atoms with Gasteiger partial charge < -0.3 is 48.3 Å². The van der Waals surface area contributed by atoms with E-state index in [9.17, 15) is 49.1 Å². The fourth-order valence-electron chi connectivity index (χ4n) is 11.9. The number of esters is 1. The number of Topliss-reactive ketones (excluding diaryl/α,β-unsaturated/α-hetero) is 3. The summed E-state index contributed by atoms with van der Waals surface area (Å²) in [6.07, 6.45) is 9.01. The highest BCUT2D eigenvalue weighted by Crippen LogP contribution is 2.46. The van der Waals surface area contributed by atoms with Crippen molar-refractivity contribution >= 4 is 41.1 Å². The molecule has 0 radical (unpaired) electrons. The standard InChI is InChI=1S/C58H80N2O17/c1-33-14-11-10-12-15-34(2)47(71-7)31-42-23-19-38(6)58(68,77-42)54(64)55(65)59-27-13-16-43-44(29-39-20-26-46(49(30-39)72-8)76-57(67)74-41-24-21-40(22-25-41)60(69)70)48(75-56(66)50(43)59)32-45(61)36(4)28-37(5)52(63)53(73-9)51(62)35(3)18-17-33/h10-12,14-15,21-22,24-25,28,33,35-36,38-39,42-44,46-50,52-53,63,68H,13,16-20,23,26-27,29-32H2,1-9H3/b12-10+,14-11+,34-15+,37-28+/t33-,35-,36-,38-,39+,42?,43?,44+,46-,47+,48+,49-,50+,52-,53+,58?/m1/s1. The summed E-state index contributed by atoms with van der Waals surface area (Å²) in [5, 5.41) is 34.8. The number of aliphatic hydroxyl groups is 2. The number of benzene rings is 1. The molecule has 16 atom stereocenters. The van der Waals surface area contributed by atoms with Crippen LogP contribution in [0.4, 0.5) is 10.5 Å². The molecule has 6 rings (SSSR count). The molecule has 4 fully saturated rings. The van der Waals surface area contributed by atoms with E-state index in [1.807, 2.05) is 44.2 Å². The van der Waals surface area contributed by atoms with Gasteiger partial charge >= 0.3 is 12.1 Å². The largest absolute Gasteiger partial charge is 0.514 e. The van der Waals surface area contributed by atoms with Crippen molar-refractivity contribution in [1.82, 2.24) is 4.90 Å². The number of rotatable bonds is 8. The Hall–Kier alpha value is -5.44. The quantitative estimate of drug-likeness (QED) is 0.0626. The lowest BCUT2D eigenvalue weighted by Gasteiger charge is -2.50. The first-order valence-electron chi connectivity index (χ1n) is 27.2. The van der Waals surface area contributed by atoms with Crippen LogP contribution in [0, 0.1) is 51.5 Å². The zero-order valence-corrected chi connectivity index (χ0v) is 46.0. The summed E-state index contributed by atoms with van der Waals surface area (Å²) in [6.45, 7) is 10.8. The summed E-state index contributed by atoms with van der Waals surface area (Å²) >= 11 is 0. The third-order valence-corrected chi connectivity index (χ3v) is 16.7. The minimum Gasteiger partial charge on any atom is -0.460 e. The van der Waals surface area contributed by atoms with Crippen molar-refractivity contribution < 1.29 is 77.1 Å². The van der Waals surface area contributed by atoms with E-state index in [1.54, 1.807) is 34.0 Å². The van der Waals surface area contributed by atoms with Crippen molar-refractivity contribution in [1.29, 1.82) is 0 Å². The Labute approximate surface area is 451 Å². The van der Waals surface area contributed by atoms with Gasteiger partial charge in [-0.05, 0) is 119 Å². The van der Waals surface area contributed by atoms with E-state index >= 15 is 0 Å². The molecular weight excluding hydrogens is 997 g/mol. The highest BCUT2D eigenvalue weighted by molar-refractivity contribution is 6.39. The molecular formula is C58H80N2O17. The van der Waals surface area contributed by atoms with Gasteiger partial charge in [-0.1, -0.05) is 64.2 Å². The Morgan fingerprint density at radius 2 is 1.58 bits per heavy atom. The van der Waals surface area contributed by atoms with E-state index < -0.39 is 113 Å². The number of piperidine rings is 1. The molecule has 19 heteroatoms. The lowest BCUT2D eigenvalue weighted by atomic mass is 9.68. The minimum atomic E-state index is -2.49. The Balaban J connectivity index is 1.29. The summed E-state index contributed by atoms with van der Waals surface area (Å²) in [5.41, 5.74) is 1.05. The van der Waals surface area contributed by atoms with Crippen LogP contribution in [0.2, 0.25) is 0 Å². The summed E-state index contributed by atoms with van der Waals surface area (Å²) in [5.74, 6) is -9.12. The highest BCUT2D eigenvalue weighted by atomic mass is 16.7. The van der Waals surface area contributed by atoms with Crippen LogP contribution in [0.5, 0.6) is 5.75 Å². The van der Waals surface area contributed by atoms with Crippen LogP contribution in [-0.2, 0) is 52.4 Å². The summed E-state index contributed by atoms with van der Waals surface area (Å²) in [6, 6.07) is 3.76. The van der Waals surface area contributed by atoms with E-state index in [1.165, 1.54) is 43.4 Å². The first-order valence-corrected chi connectivity index (χ1v) is 27.2. The number of carbonyl (C=O) groups is 6. The van der Waals surface area contributed by atoms with Crippen molar-refractivity contribution in [3.63, 3.8) is 0 Å². The molecule has 5 aliphatic rings. The van der Waals surface area contributed by atoms with Crippen LogP contribution in [0.3, 0.4) is 0 Å². The SMILES string of the molecule is CO[C@H]1CC2CC[C@@H](C)C(O)(O2)C(=O)C(=O)N2CCCC3[C@H]2C(=O)O[C@@H](CC(=O)[C@H](C)/C=C(\C)[C@@H](O)[C@@H](OC)C(=O)[C@H](C)CC[C@H](C)/C=C/C=C/C=C/1C)[C@H]3C[C@@H]1CC[C@@H](OC(=O)Oc2ccc([N+](=O)[O-])cc2)[C@H](OC)C1. The fraction of sp³-hybridized carbons (Fsp3) is 0.655. The van der Waals surface area contributed by atoms with E-state index in [-0.39, 0.29) is 54.2 Å². The second kappa shape index (κ2) is 27.4. The number of ketones is 3.